The third-order valence-electron chi connectivity index (χ3n) is 6.12. The number of nitrogens with one attached hydrogen (secondary N) is 1. The third-order valence-corrected chi connectivity index (χ3v) is 6.12. The van der Waals surface area contributed by atoms with Crippen molar-refractivity contribution >= 4 is 5.97 Å². The van der Waals surface area contributed by atoms with Crippen LogP contribution in [0, 0.1) is 0 Å². The van der Waals surface area contributed by atoms with Gasteiger partial charge in [0.25, 0.3) is 0 Å². The van der Waals surface area contributed by atoms with Crippen LogP contribution in [0.4, 0.5) is 0 Å². The molecule has 2 aliphatic heterocycles. The fraction of sp³-hybridized carbons (Fsp3) is 0.958. The molecule has 7 nitrogen and oxygen atoms in total. The van der Waals surface area contributed by atoms with Crippen LogP contribution in [0.3, 0.4) is 0 Å². The Labute approximate surface area is 188 Å². The van der Waals surface area contributed by atoms with E-state index < -0.39 is 18.0 Å². The lowest BCUT2D eigenvalue weighted by Gasteiger charge is -2.27. The van der Waals surface area contributed by atoms with E-state index in [1.807, 2.05) is 20.8 Å². The van der Waals surface area contributed by atoms with Crippen molar-refractivity contribution in [3.05, 3.63) is 0 Å². The van der Waals surface area contributed by atoms with Crippen LogP contribution in [0.2, 0.25) is 0 Å². The van der Waals surface area contributed by atoms with Crippen molar-refractivity contribution in [3.8, 4) is 0 Å². The van der Waals surface area contributed by atoms with Crippen molar-refractivity contribution in [2.24, 2.45) is 0 Å². The average molecular weight is 444 g/mol. The summed E-state index contributed by atoms with van der Waals surface area (Å²) >= 11 is 0. The zero-order valence-corrected chi connectivity index (χ0v) is 20.1. The van der Waals surface area contributed by atoms with E-state index in [-0.39, 0.29) is 30.8 Å². The second-order valence-corrected chi connectivity index (χ2v) is 9.47. The van der Waals surface area contributed by atoms with Crippen molar-refractivity contribution in [2.75, 3.05) is 13.2 Å². The van der Waals surface area contributed by atoms with Crippen LogP contribution < -0.4 is 5.32 Å². The summed E-state index contributed by atoms with van der Waals surface area (Å²) in [4.78, 5) is 10.8. The van der Waals surface area contributed by atoms with Crippen molar-refractivity contribution in [2.45, 2.75) is 135 Å². The number of fused-ring (bicyclic) bond motifs is 1. The fourth-order valence-corrected chi connectivity index (χ4v) is 4.44. The lowest BCUT2D eigenvalue weighted by atomic mass is 10.0. The molecule has 2 fully saturated rings. The molecule has 2 saturated heterocycles. The number of carbonyl (C=O) groups is 1. The highest BCUT2D eigenvalue weighted by Gasteiger charge is 2.56. The monoisotopic (exact) mass is 443 g/mol. The molecule has 0 aromatic rings. The van der Waals surface area contributed by atoms with Crippen molar-refractivity contribution < 1.29 is 28.8 Å². The first-order valence-corrected chi connectivity index (χ1v) is 12.4. The van der Waals surface area contributed by atoms with Gasteiger partial charge in [-0.2, -0.15) is 0 Å². The van der Waals surface area contributed by atoms with Gasteiger partial charge in [-0.05, 0) is 27.2 Å². The van der Waals surface area contributed by atoms with Crippen LogP contribution in [0.15, 0.2) is 0 Å². The van der Waals surface area contributed by atoms with Crippen LogP contribution in [0.1, 0.15) is 98.3 Å². The highest BCUT2D eigenvalue weighted by molar-refractivity contribution is 5.66. The predicted molar refractivity (Wildman–Crippen MR) is 120 cm³/mol. The lowest BCUT2D eigenvalue weighted by Crippen LogP contribution is -2.45. The van der Waals surface area contributed by atoms with Crippen LogP contribution in [-0.2, 0) is 23.7 Å². The van der Waals surface area contributed by atoms with Gasteiger partial charge >= 0.3 is 5.97 Å². The van der Waals surface area contributed by atoms with E-state index >= 15 is 0 Å². The molecule has 2 N–H and O–H groups in total. The fourth-order valence-electron chi connectivity index (χ4n) is 4.44. The van der Waals surface area contributed by atoms with Crippen LogP contribution in [0.5, 0.6) is 0 Å². The maximum absolute atomic E-state index is 10.8. The van der Waals surface area contributed by atoms with Crippen molar-refractivity contribution in [3.63, 3.8) is 0 Å². The van der Waals surface area contributed by atoms with Gasteiger partial charge in [0.1, 0.15) is 18.3 Å². The number of aliphatic carboxylic acids is 1. The summed E-state index contributed by atoms with van der Waals surface area (Å²) < 4.78 is 24.4. The smallest absolute Gasteiger partial charge is 0.304 e. The quantitative estimate of drug-likeness (QED) is 0.317. The third kappa shape index (κ3) is 9.34. The van der Waals surface area contributed by atoms with E-state index in [1.54, 1.807) is 0 Å². The van der Waals surface area contributed by atoms with Crippen LogP contribution >= 0.6 is 0 Å². The van der Waals surface area contributed by atoms with Gasteiger partial charge in [0.2, 0.25) is 0 Å². The Morgan fingerprint density at radius 2 is 1.58 bits per heavy atom. The van der Waals surface area contributed by atoms with Gasteiger partial charge in [-0.15, -0.1) is 0 Å². The Morgan fingerprint density at radius 3 is 2.19 bits per heavy atom. The molecule has 2 aliphatic rings. The normalized spacial score (nSPS) is 28.0. The Hall–Kier alpha value is -0.730. The standard InChI is InChI=1S/C24H45NO6/c1-5-6-7-8-9-10-11-12-13-14-17-28-23-22-21(30-24(3,4)31-22)20(29-23)18(2)25-16-15-19(26)27/h18,20-23,25H,5-17H2,1-4H3,(H,26,27)/t18?,20-,21-,22-,23-/m1/s1. The minimum atomic E-state index is -0.816. The summed E-state index contributed by atoms with van der Waals surface area (Å²) in [5, 5.41) is 12.1. The molecule has 182 valence electrons. The highest BCUT2D eigenvalue weighted by atomic mass is 16.8. The molecule has 0 radical (unpaired) electrons. The largest absolute Gasteiger partial charge is 0.481 e. The molecule has 0 bridgehead atoms. The first kappa shape index (κ1) is 26.5. The number of carboxylic acids is 1. The van der Waals surface area contributed by atoms with Gasteiger partial charge in [0.05, 0.1) is 6.42 Å². The van der Waals surface area contributed by atoms with E-state index in [0.29, 0.717) is 13.2 Å². The summed E-state index contributed by atoms with van der Waals surface area (Å²) in [6.07, 6.45) is 11.8. The second kappa shape index (κ2) is 13.7. The molecule has 5 atom stereocenters. The molecule has 2 rings (SSSR count). The van der Waals surface area contributed by atoms with Gasteiger partial charge in [0, 0.05) is 19.2 Å². The number of unbranched alkanes of at least 4 members (excludes halogenated alkanes) is 9. The number of carboxylic acid groups (broad SMARTS) is 1. The molecular formula is C24H45NO6. The molecule has 1 unspecified atom stereocenters. The predicted octanol–water partition coefficient (Wildman–Crippen LogP) is 4.62. The van der Waals surface area contributed by atoms with Crippen LogP contribution in [-0.4, -0.2) is 60.7 Å². The van der Waals surface area contributed by atoms with E-state index in [1.165, 1.54) is 57.8 Å². The number of hydrogen-bond donors (Lipinski definition) is 2. The summed E-state index contributed by atoms with van der Waals surface area (Å²) in [6, 6.07) is -0.0599. The summed E-state index contributed by atoms with van der Waals surface area (Å²) in [7, 11) is 0. The molecule has 31 heavy (non-hydrogen) atoms. The minimum Gasteiger partial charge on any atom is -0.481 e. The zero-order valence-electron chi connectivity index (χ0n) is 20.1. The summed E-state index contributed by atoms with van der Waals surface area (Å²) in [5.74, 6) is -1.49. The van der Waals surface area contributed by atoms with Gasteiger partial charge in [-0.1, -0.05) is 64.7 Å². The van der Waals surface area contributed by atoms with E-state index in [9.17, 15) is 4.79 Å². The maximum Gasteiger partial charge on any atom is 0.304 e. The summed E-state index contributed by atoms with van der Waals surface area (Å²) in [5.41, 5.74) is 0. The Morgan fingerprint density at radius 1 is 1.00 bits per heavy atom. The molecule has 7 heteroatoms. The number of hydrogen-bond acceptors (Lipinski definition) is 6. The first-order chi connectivity index (χ1) is 14.8. The zero-order chi connectivity index (χ0) is 22.7. The SMILES string of the molecule is CCCCCCCCCCCCO[C@@H]1O[C@H](C(C)NCCC(=O)O)[C@H]2OC(C)(C)O[C@@H]12. The molecule has 0 amide bonds. The van der Waals surface area contributed by atoms with Gasteiger partial charge in [-0.25, -0.2) is 0 Å². The average Bonchev–Trinajstić information content (AvgIpc) is 3.19. The van der Waals surface area contributed by atoms with Crippen molar-refractivity contribution in [1.29, 1.82) is 0 Å². The molecule has 0 saturated carbocycles. The highest BCUT2D eigenvalue weighted by Crippen LogP contribution is 2.40. The number of ether oxygens (including phenoxy) is 4. The van der Waals surface area contributed by atoms with Gasteiger partial charge in [0.15, 0.2) is 12.1 Å². The Balaban J connectivity index is 1.65. The molecule has 0 spiro atoms. The van der Waals surface area contributed by atoms with E-state index in [4.69, 9.17) is 24.1 Å². The Kier molecular flexibility index (Phi) is 11.8. The molecular weight excluding hydrogens is 398 g/mol. The van der Waals surface area contributed by atoms with E-state index in [2.05, 4.69) is 12.2 Å². The second-order valence-electron chi connectivity index (χ2n) is 9.47. The molecule has 0 aromatic carbocycles. The van der Waals surface area contributed by atoms with Crippen LogP contribution in [0.25, 0.3) is 0 Å². The van der Waals surface area contributed by atoms with Gasteiger partial charge in [-0.3, -0.25) is 4.79 Å². The molecule has 2 heterocycles. The maximum atomic E-state index is 10.8. The topological polar surface area (TPSA) is 86.3 Å². The van der Waals surface area contributed by atoms with Gasteiger partial charge < -0.3 is 29.4 Å². The van der Waals surface area contributed by atoms with Crippen molar-refractivity contribution in [1.82, 2.24) is 5.32 Å². The number of rotatable bonds is 17. The first-order valence-electron chi connectivity index (χ1n) is 12.4. The molecule has 0 aromatic heterocycles. The minimum absolute atomic E-state index is 0.0599. The Bertz CT molecular complexity index is 514. The molecule has 0 aliphatic carbocycles. The van der Waals surface area contributed by atoms with E-state index in [0.717, 1.165) is 6.42 Å². The summed E-state index contributed by atoms with van der Waals surface area (Å²) in [6.45, 7) is 9.10. The lowest BCUT2D eigenvalue weighted by molar-refractivity contribution is -0.236.